The van der Waals surface area contributed by atoms with Gasteiger partial charge in [-0.05, 0) is 42.3 Å². The maximum Gasteiger partial charge on any atom is 0.475 e. The number of nitrogens with zero attached hydrogens (tertiary/aromatic N) is 1. The van der Waals surface area contributed by atoms with Crippen molar-refractivity contribution in [2.24, 2.45) is 0 Å². The average molecular weight is 506 g/mol. The number of halogens is 3. The van der Waals surface area contributed by atoms with Gasteiger partial charge in [0, 0.05) is 17.6 Å². The highest BCUT2D eigenvalue weighted by atomic mass is 35.5. The van der Waals surface area contributed by atoms with Gasteiger partial charge >= 0.3 is 7.82 Å². The molecular formula is C21H23ClF2NO7P. The molecule has 4 rings (SSSR count). The van der Waals surface area contributed by atoms with Gasteiger partial charge in [-0.1, -0.05) is 18.2 Å². The van der Waals surface area contributed by atoms with Crippen LogP contribution in [0.25, 0.3) is 0 Å². The van der Waals surface area contributed by atoms with E-state index >= 15 is 4.39 Å². The predicted octanol–water partition coefficient (Wildman–Crippen LogP) is 4.20. The molecule has 2 saturated heterocycles. The van der Waals surface area contributed by atoms with E-state index in [0.29, 0.717) is 11.1 Å². The standard InChI is InChI=1S/C21H23ClF2NO7P/c1-12-3-5-25(18(26)7-12)20-21(2,24)19(27)17(31-20)11-30-33(28)29-6-4-16(32-33)13-8-14(22)10-15(23)9-13/h3,5,8-10,16-17,19-20,27H,1,4,6-7,11H2,2H3/t16-,17+,19+,20+,21+,33+/m0/s1. The highest BCUT2D eigenvalue weighted by molar-refractivity contribution is 7.48. The van der Waals surface area contributed by atoms with Crippen molar-refractivity contribution in [3.05, 3.63) is 59.0 Å². The van der Waals surface area contributed by atoms with Crippen LogP contribution in [0.3, 0.4) is 0 Å². The molecule has 1 amide bonds. The zero-order valence-electron chi connectivity index (χ0n) is 17.7. The van der Waals surface area contributed by atoms with Crippen molar-refractivity contribution >= 4 is 25.3 Å². The molecule has 3 aliphatic rings. The quantitative estimate of drug-likeness (QED) is 0.599. The Morgan fingerprint density at radius 2 is 2.18 bits per heavy atom. The number of aliphatic hydroxyl groups excluding tert-OH is 1. The van der Waals surface area contributed by atoms with E-state index in [9.17, 15) is 18.9 Å². The number of phosphoric acid groups is 1. The van der Waals surface area contributed by atoms with Gasteiger partial charge in [0.15, 0.2) is 11.9 Å². The van der Waals surface area contributed by atoms with Crippen LogP contribution in [-0.2, 0) is 27.7 Å². The molecule has 6 atom stereocenters. The number of hydrogen-bond donors (Lipinski definition) is 1. The molecule has 0 unspecified atom stereocenters. The van der Waals surface area contributed by atoms with E-state index in [4.69, 9.17) is 29.9 Å². The van der Waals surface area contributed by atoms with E-state index in [2.05, 4.69) is 6.58 Å². The summed E-state index contributed by atoms with van der Waals surface area (Å²) in [7, 11) is -4.14. The fourth-order valence-corrected chi connectivity index (χ4v) is 5.53. The first-order valence-electron chi connectivity index (χ1n) is 10.2. The summed E-state index contributed by atoms with van der Waals surface area (Å²) < 4.78 is 63.5. The van der Waals surface area contributed by atoms with Gasteiger partial charge in [0.2, 0.25) is 5.91 Å². The molecule has 3 aliphatic heterocycles. The summed E-state index contributed by atoms with van der Waals surface area (Å²) in [5, 5.41) is 10.6. The van der Waals surface area contributed by atoms with Gasteiger partial charge in [-0.3, -0.25) is 23.3 Å². The van der Waals surface area contributed by atoms with Crippen molar-refractivity contribution < 1.29 is 41.6 Å². The van der Waals surface area contributed by atoms with Crippen LogP contribution in [-0.4, -0.2) is 53.2 Å². The van der Waals surface area contributed by atoms with Crippen molar-refractivity contribution in [2.75, 3.05) is 13.2 Å². The van der Waals surface area contributed by atoms with Gasteiger partial charge in [-0.25, -0.2) is 13.3 Å². The fraction of sp³-hybridized carbons (Fsp3) is 0.476. The number of allylic oxidation sites excluding steroid dienone is 1. The van der Waals surface area contributed by atoms with Gasteiger partial charge in [0.25, 0.3) is 0 Å². The Morgan fingerprint density at radius 1 is 1.42 bits per heavy atom. The summed E-state index contributed by atoms with van der Waals surface area (Å²) in [6, 6.07) is 3.81. The average Bonchev–Trinajstić information content (AvgIpc) is 2.95. The molecule has 0 aliphatic carbocycles. The minimum Gasteiger partial charge on any atom is -0.387 e. The first kappa shape index (κ1) is 24.5. The van der Waals surface area contributed by atoms with Crippen LogP contribution in [0.4, 0.5) is 8.78 Å². The van der Waals surface area contributed by atoms with Crippen LogP contribution in [0, 0.1) is 5.82 Å². The van der Waals surface area contributed by atoms with Crippen LogP contribution in [0.15, 0.2) is 42.6 Å². The van der Waals surface area contributed by atoms with Crippen LogP contribution >= 0.6 is 19.4 Å². The van der Waals surface area contributed by atoms with Crippen molar-refractivity contribution in [2.45, 2.75) is 50.0 Å². The van der Waals surface area contributed by atoms with Gasteiger partial charge in [-0.2, -0.15) is 0 Å². The lowest BCUT2D eigenvalue weighted by molar-refractivity contribution is -0.148. The zero-order valence-corrected chi connectivity index (χ0v) is 19.3. The van der Waals surface area contributed by atoms with Gasteiger partial charge in [-0.15, -0.1) is 0 Å². The number of hydrogen-bond acceptors (Lipinski definition) is 7. The molecule has 2 fully saturated rings. The second-order valence-corrected chi connectivity index (χ2v) is 10.3. The Labute approximate surface area is 194 Å². The molecular weight excluding hydrogens is 483 g/mol. The Kier molecular flexibility index (Phi) is 6.81. The monoisotopic (exact) mass is 505 g/mol. The van der Waals surface area contributed by atoms with E-state index in [1.54, 1.807) is 6.08 Å². The smallest absolute Gasteiger partial charge is 0.387 e. The largest absolute Gasteiger partial charge is 0.475 e. The van der Waals surface area contributed by atoms with Crippen molar-refractivity contribution in [3.8, 4) is 0 Å². The van der Waals surface area contributed by atoms with Crippen molar-refractivity contribution in [1.82, 2.24) is 4.90 Å². The molecule has 180 valence electrons. The number of rotatable bonds is 5. The molecule has 0 spiro atoms. The highest BCUT2D eigenvalue weighted by Gasteiger charge is 2.57. The van der Waals surface area contributed by atoms with Gasteiger partial charge in [0.05, 0.1) is 25.7 Å². The summed E-state index contributed by atoms with van der Waals surface area (Å²) in [6.45, 7) is 4.25. The molecule has 1 N–H and O–H groups in total. The van der Waals surface area contributed by atoms with Gasteiger partial charge < -0.3 is 9.84 Å². The fourth-order valence-electron chi connectivity index (χ4n) is 3.90. The topological polar surface area (TPSA) is 94.5 Å². The van der Waals surface area contributed by atoms with Crippen LogP contribution in [0.5, 0.6) is 0 Å². The minimum atomic E-state index is -4.14. The summed E-state index contributed by atoms with van der Waals surface area (Å²) in [5.41, 5.74) is -1.41. The zero-order chi connectivity index (χ0) is 24.0. The third-order valence-corrected chi connectivity index (χ3v) is 7.34. The molecule has 33 heavy (non-hydrogen) atoms. The lowest BCUT2D eigenvalue weighted by Gasteiger charge is -2.33. The maximum absolute atomic E-state index is 15.3. The van der Waals surface area contributed by atoms with Crippen molar-refractivity contribution in [1.29, 1.82) is 0 Å². The van der Waals surface area contributed by atoms with Crippen LogP contribution in [0.1, 0.15) is 31.4 Å². The molecule has 3 heterocycles. The SMILES string of the molecule is C=C1C=CN([C@@H]2O[C@H](CO[P@@]3(=O)OCC[C@@H](c4cc(F)cc(Cl)c4)O3)[C@@H](O)[C@@]2(C)F)C(=O)C1. The molecule has 0 radical (unpaired) electrons. The normalized spacial score (nSPS) is 37.1. The predicted molar refractivity (Wildman–Crippen MR) is 113 cm³/mol. The number of amides is 1. The molecule has 0 saturated carbocycles. The number of alkyl halides is 1. The van der Waals surface area contributed by atoms with E-state index in [1.807, 2.05) is 0 Å². The highest BCUT2D eigenvalue weighted by Crippen LogP contribution is 2.57. The first-order chi connectivity index (χ1) is 15.5. The number of carbonyl (C=O) groups excluding carboxylic acids is 1. The number of benzene rings is 1. The number of phosphoric ester groups is 1. The van der Waals surface area contributed by atoms with Crippen LogP contribution in [0.2, 0.25) is 5.02 Å². The molecule has 1 aromatic carbocycles. The maximum atomic E-state index is 15.3. The second-order valence-electron chi connectivity index (χ2n) is 8.24. The minimum absolute atomic E-state index is 0.00787. The Hall–Kier alpha value is -1.65. The summed E-state index contributed by atoms with van der Waals surface area (Å²) >= 11 is 5.88. The number of carbonyl (C=O) groups is 1. The molecule has 8 nitrogen and oxygen atoms in total. The van der Waals surface area contributed by atoms with E-state index in [0.717, 1.165) is 17.9 Å². The molecule has 12 heteroatoms. The molecule has 1 aromatic rings. The summed E-state index contributed by atoms with van der Waals surface area (Å²) in [6.07, 6.45) is -2.03. The van der Waals surface area contributed by atoms with E-state index in [1.165, 1.54) is 18.3 Å². The third kappa shape index (κ3) is 5.07. The summed E-state index contributed by atoms with van der Waals surface area (Å²) in [5.74, 6) is -1.02. The lowest BCUT2D eigenvalue weighted by Crippen LogP contribution is -2.50. The number of aliphatic hydroxyl groups is 1. The number of ether oxygens (including phenoxy) is 1. The molecule has 0 aromatic heterocycles. The van der Waals surface area contributed by atoms with Crippen molar-refractivity contribution in [3.63, 3.8) is 0 Å². The van der Waals surface area contributed by atoms with E-state index < -0.39 is 56.4 Å². The first-order valence-corrected chi connectivity index (χ1v) is 12.1. The summed E-state index contributed by atoms with van der Waals surface area (Å²) in [4.78, 5) is 13.4. The van der Waals surface area contributed by atoms with Crippen LogP contribution < -0.4 is 0 Å². The Bertz CT molecular complexity index is 1020. The van der Waals surface area contributed by atoms with Gasteiger partial charge in [0.1, 0.15) is 18.0 Å². The molecule has 0 bridgehead atoms. The second kappa shape index (κ2) is 9.19. The Balaban J connectivity index is 1.43. The lowest BCUT2D eigenvalue weighted by atomic mass is 9.97. The van der Waals surface area contributed by atoms with E-state index in [-0.39, 0.29) is 24.5 Å². The third-order valence-electron chi connectivity index (χ3n) is 5.65. The Morgan fingerprint density at radius 3 is 2.88 bits per heavy atom.